The van der Waals surface area contributed by atoms with Crippen LogP contribution in [0.1, 0.15) is 74.9 Å². The lowest BCUT2D eigenvalue weighted by Crippen LogP contribution is -2.59. The van der Waals surface area contributed by atoms with E-state index in [0.29, 0.717) is 56.4 Å². The smallest absolute Gasteiger partial charge is 0.320 e. The first-order valence-electron chi connectivity index (χ1n) is 26.7. The zero-order valence-corrected chi connectivity index (χ0v) is 45.8. The Morgan fingerprint density at radius 3 is 2.23 bits per heavy atom. The fraction of sp³-hybridized carbons (Fsp3) is 0.367. The summed E-state index contributed by atoms with van der Waals surface area (Å²) in [7, 11) is 0. The number of nitrogens with one attached hydrogen (secondary N) is 3. The van der Waals surface area contributed by atoms with Crippen LogP contribution in [0.4, 0.5) is 15.9 Å². The number of nitrogens with zero attached hydrogens (tertiary/aromatic N) is 7. The Labute approximate surface area is 462 Å². The molecule has 3 aliphatic rings. The molecule has 2 aliphatic heterocycles. The molecule has 1 aliphatic carbocycles. The van der Waals surface area contributed by atoms with Gasteiger partial charge in [0.25, 0.3) is 5.91 Å². The van der Waals surface area contributed by atoms with Crippen molar-refractivity contribution < 1.29 is 38.1 Å². The summed E-state index contributed by atoms with van der Waals surface area (Å²) in [5.74, 6) is -1.06. The van der Waals surface area contributed by atoms with Gasteiger partial charge in [0, 0.05) is 56.0 Å². The van der Waals surface area contributed by atoms with Crippen molar-refractivity contribution in [1.29, 1.82) is 0 Å². The molecule has 0 spiro atoms. The van der Waals surface area contributed by atoms with E-state index in [9.17, 15) is 28.7 Å². The summed E-state index contributed by atoms with van der Waals surface area (Å²) in [6.07, 6.45) is 1.42. The number of rotatable bonds is 18. The number of carbonyl (C=O) groups is 4. The number of amides is 4. The molecule has 17 nitrogen and oxygen atoms in total. The monoisotopic (exact) mass is 1090 g/mol. The maximum Gasteiger partial charge on any atom is 0.320 e. The van der Waals surface area contributed by atoms with Crippen LogP contribution in [0.2, 0.25) is 0 Å². The maximum absolute atomic E-state index is 14.8. The van der Waals surface area contributed by atoms with E-state index >= 15 is 0 Å². The van der Waals surface area contributed by atoms with Crippen LogP contribution >= 0.6 is 11.3 Å². The van der Waals surface area contributed by atoms with Crippen LogP contribution in [0, 0.1) is 19.3 Å². The van der Waals surface area contributed by atoms with Crippen molar-refractivity contribution in [2.75, 3.05) is 49.7 Å². The fourth-order valence-corrected chi connectivity index (χ4v) is 10.7. The van der Waals surface area contributed by atoms with Crippen LogP contribution in [0.3, 0.4) is 0 Å². The maximum atomic E-state index is 14.8. The quantitative estimate of drug-likeness (QED) is 0.0640. The highest BCUT2D eigenvalue weighted by Crippen LogP contribution is 2.41. The van der Waals surface area contributed by atoms with Gasteiger partial charge in [0.15, 0.2) is 11.5 Å². The van der Waals surface area contributed by atoms with Gasteiger partial charge in [-0.25, -0.2) is 14.1 Å². The van der Waals surface area contributed by atoms with Gasteiger partial charge in [-0.1, -0.05) is 105 Å². The van der Waals surface area contributed by atoms with E-state index in [0.717, 1.165) is 55.5 Å². The lowest BCUT2D eigenvalue weighted by atomic mass is 9.85. The standard InChI is InChI=1S/C60H65FN10O7S/c1-37-7-6-8-44(31-37)47-21-25-71(68-47)51-34-50(69-26-29-77-30-27-69)65-58(66-51)78-28-22-39-9-11-40(12-10-39)41-17-19-45(20-18-41)63-52(73)33-48(42-13-15-43(16-14-42)53-38(2)62-36-79-53)64-55(74)49-32-46(72)35-70(49)56(75)54(59(3,4)5)67-57(76)60(61)23-24-60/h6-21,25,31,34,36,46,48-49,54,72H,22-24,26-30,32-33,35H2,1-5H3,(H,63,73)(H,64,74)(H,67,76)/t46-,48+,49+,54-/m1/s1. The Morgan fingerprint density at radius 1 is 0.861 bits per heavy atom. The minimum atomic E-state index is -2.02. The third kappa shape index (κ3) is 13.0. The number of thiazole rings is 1. The molecule has 1 saturated carbocycles. The van der Waals surface area contributed by atoms with Crippen molar-refractivity contribution >= 4 is 46.5 Å². The highest BCUT2D eigenvalue weighted by atomic mass is 32.1. The Bertz CT molecular complexity index is 3310. The highest BCUT2D eigenvalue weighted by Gasteiger charge is 2.53. The molecule has 410 valence electrons. The van der Waals surface area contributed by atoms with E-state index in [1.54, 1.807) is 31.0 Å². The van der Waals surface area contributed by atoms with Gasteiger partial charge in [0.05, 0.1) is 60.2 Å². The Balaban J connectivity index is 0.784. The first-order chi connectivity index (χ1) is 38.0. The molecule has 4 amide bonds. The lowest BCUT2D eigenvalue weighted by molar-refractivity contribution is -0.145. The van der Waals surface area contributed by atoms with E-state index in [2.05, 4.69) is 57.0 Å². The second kappa shape index (κ2) is 23.2. The molecule has 0 bridgehead atoms. The number of ether oxygens (including phenoxy) is 2. The van der Waals surface area contributed by atoms with Gasteiger partial charge in [0.2, 0.25) is 17.7 Å². The van der Waals surface area contributed by atoms with Crippen molar-refractivity contribution in [2.24, 2.45) is 5.41 Å². The predicted molar refractivity (Wildman–Crippen MR) is 300 cm³/mol. The molecule has 5 heterocycles. The number of likely N-dealkylation sites (tertiary alicyclic amines) is 1. The average molecular weight is 1090 g/mol. The van der Waals surface area contributed by atoms with E-state index in [1.165, 1.54) is 16.2 Å². The van der Waals surface area contributed by atoms with Gasteiger partial charge < -0.3 is 40.3 Å². The second-order valence-electron chi connectivity index (χ2n) is 21.7. The summed E-state index contributed by atoms with van der Waals surface area (Å²) >= 11 is 1.51. The number of benzene rings is 4. The molecule has 3 aromatic heterocycles. The van der Waals surface area contributed by atoms with Crippen molar-refractivity contribution in [2.45, 2.75) is 96.6 Å². The van der Waals surface area contributed by atoms with Gasteiger partial charge in [-0.15, -0.1) is 11.3 Å². The van der Waals surface area contributed by atoms with Crippen LogP contribution in [-0.2, 0) is 30.3 Å². The highest BCUT2D eigenvalue weighted by molar-refractivity contribution is 7.13. The summed E-state index contributed by atoms with van der Waals surface area (Å²) in [6.45, 7) is 12.0. The number of carbonyl (C=O) groups excluding carboxylic acids is 4. The number of hydrogen-bond acceptors (Lipinski definition) is 13. The molecule has 10 rings (SSSR count). The molecule has 4 N–H and O–H groups in total. The summed E-state index contributed by atoms with van der Waals surface area (Å²) < 4.78 is 28.4. The van der Waals surface area contributed by atoms with Crippen LogP contribution in [0.5, 0.6) is 6.01 Å². The summed E-state index contributed by atoms with van der Waals surface area (Å²) in [5.41, 5.74) is 7.93. The molecule has 2 saturated heterocycles. The lowest BCUT2D eigenvalue weighted by Gasteiger charge is -2.36. The number of aliphatic hydroxyl groups is 1. The van der Waals surface area contributed by atoms with Crippen LogP contribution in [0.25, 0.3) is 38.6 Å². The van der Waals surface area contributed by atoms with E-state index in [1.807, 2.05) is 98.0 Å². The number of β-amino-alcohol motifs (C(OH)–C–C–N with tert-alkyl or cyclic N) is 1. The minimum Gasteiger partial charge on any atom is -0.463 e. The van der Waals surface area contributed by atoms with Crippen LogP contribution in [-0.4, -0.2) is 122 Å². The molecule has 4 aromatic carbocycles. The van der Waals surface area contributed by atoms with Crippen molar-refractivity contribution in [3.05, 3.63) is 143 Å². The molecule has 79 heavy (non-hydrogen) atoms. The number of alkyl halides is 1. The van der Waals surface area contributed by atoms with Crippen LogP contribution in [0.15, 0.2) is 121 Å². The summed E-state index contributed by atoms with van der Waals surface area (Å²) in [6, 6.07) is 32.5. The van der Waals surface area contributed by atoms with E-state index < -0.39 is 53.0 Å². The fourth-order valence-electron chi connectivity index (χ4n) is 9.90. The number of aryl methyl sites for hydroxylation is 2. The number of halogens is 1. The minimum absolute atomic E-state index is 0.0621. The molecule has 3 fully saturated rings. The second-order valence-corrected chi connectivity index (χ2v) is 22.5. The molecule has 4 atom stereocenters. The largest absolute Gasteiger partial charge is 0.463 e. The average Bonchev–Trinajstić information content (AvgIpc) is 3.76. The van der Waals surface area contributed by atoms with Gasteiger partial charge >= 0.3 is 6.01 Å². The normalized spacial score (nSPS) is 17.7. The van der Waals surface area contributed by atoms with Gasteiger partial charge in [0.1, 0.15) is 17.9 Å². The third-order valence-corrected chi connectivity index (χ3v) is 15.6. The van der Waals surface area contributed by atoms with Gasteiger partial charge in [-0.2, -0.15) is 15.1 Å². The molecule has 19 heteroatoms. The summed E-state index contributed by atoms with van der Waals surface area (Å²) in [5, 5.41) is 24.3. The van der Waals surface area contributed by atoms with Gasteiger partial charge in [-0.3, -0.25) is 19.2 Å². The number of morpholine rings is 1. The van der Waals surface area contributed by atoms with E-state index in [4.69, 9.17) is 24.5 Å². The molecule has 0 radical (unpaired) electrons. The molecular formula is C60H65FN10O7S. The first kappa shape index (κ1) is 54.5. The topological polar surface area (TPSA) is 206 Å². The number of hydrogen-bond donors (Lipinski definition) is 4. The van der Waals surface area contributed by atoms with Crippen LogP contribution < -0.4 is 25.6 Å². The summed E-state index contributed by atoms with van der Waals surface area (Å²) in [4.78, 5) is 73.7. The Hall–Kier alpha value is -7.87. The zero-order valence-electron chi connectivity index (χ0n) is 44.9. The number of aromatic nitrogens is 5. The zero-order chi connectivity index (χ0) is 55.4. The van der Waals surface area contributed by atoms with Gasteiger partial charge in [-0.05, 0) is 84.2 Å². The molecule has 7 aromatic rings. The van der Waals surface area contributed by atoms with Crippen molar-refractivity contribution in [3.63, 3.8) is 0 Å². The predicted octanol–water partition coefficient (Wildman–Crippen LogP) is 8.38. The number of anilines is 2. The third-order valence-electron chi connectivity index (χ3n) is 14.6. The van der Waals surface area contributed by atoms with Crippen molar-refractivity contribution in [1.82, 2.24) is 40.3 Å². The SMILES string of the molecule is Cc1cccc(-c2ccn(-c3cc(N4CCOCC4)nc(OCCc4ccc(-c5ccc(NC(=O)C[C@H](NC(=O)[C@@H]6C[C@@H](O)CN6C(=O)[C@@H](NC(=O)C6(F)CC6)C(C)(C)C)c6ccc(-c7scnc7C)cc6)cc5)cc4)n3)n2)c1. The van der Waals surface area contributed by atoms with E-state index in [-0.39, 0.29) is 44.1 Å². The number of aliphatic hydroxyl groups excluding tert-OH is 1. The Morgan fingerprint density at radius 2 is 1.56 bits per heavy atom. The van der Waals surface area contributed by atoms with Crippen molar-refractivity contribution in [3.8, 4) is 44.7 Å². The molecule has 0 unspecified atom stereocenters. The molecular weight excluding hydrogens is 1020 g/mol. The first-order valence-corrected chi connectivity index (χ1v) is 27.6. The Kier molecular flexibility index (Phi) is 16.0.